The van der Waals surface area contributed by atoms with Crippen molar-refractivity contribution in [3.8, 4) is 5.75 Å². The molecule has 0 radical (unpaired) electrons. The normalized spacial score (nSPS) is 17.6. The second kappa shape index (κ2) is 7.13. The number of benzene rings is 1. The molecule has 114 valence electrons. The minimum atomic E-state index is -0.136. The van der Waals surface area contributed by atoms with E-state index in [2.05, 4.69) is 11.9 Å². The van der Waals surface area contributed by atoms with E-state index in [9.17, 15) is 4.79 Å². The van der Waals surface area contributed by atoms with E-state index in [0.717, 1.165) is 12.0 Å². The molecule has 21 heavy (non-hydrogen) atoms. The molecular weight excluding hydrogens is 268 g/mol. The Kier molecular flexibility index (Phi) is 5.22. The summed E-state index contributed by atoms with van der Waals surface area (Å²) in [6, 6.07) is 7.16. The molecule has 0 saturated carbocycles. The standard InChI is InChI=1S/C16H22N2O3/c1-12(2)11-21-15-5-3-4-14(8-15)17-16(20)18-7-6-13(9-18)10-19/h3-5,8,13,19H,1,6-7,9-11H2,2H3,(H,17,20). The maximum atomic E-state index is 12.1. The third-order valence-corrected chi connectivity index (χ3v) is 3.40. The van der Waals surface area contributed by atoms with Gasteiger partial charge in [0, 0.05) is 37.4 Å². The summed E-state index contributed by atoms with van der Waals surface area (Å²) in [5.41, 5.74) is 1.64. The number of nitrogens with zero attached hydrogens (tertiary/aromatic N) is 1. The van der Waals surface area contributed by atoms with Crippen molar-refractivity contribution >= 4 is 11.7 Å². The summed E-state index contributed by atoms with van der Waals surface area (Å²) >= 11 is 0. The number of likely N-dealkylation sites (tertiary alicyclic amines) is 1. The second-order valence-corrected chi connectivity index (χ2v) is 5.49. The third kappa shape index (κ3) is 4.49. The smallest absolute Gasteiger partial charge is 0.321 e. The first-order chi connectivity index (χ1) is 10.1. The molecule has 0 aliphatic carbocycles. The van der Waals surface area contributed by atoms with Crippen molar-refractivity contribution in [3.05, 3.63) is 36.4 Å². The topological polar surface area (TPSA) is 61.8 Å². The molecule has 2 amide bonds. The zero-order valence-corrected chi connectivity index (χ0v) is 12.3. The van der Waals surface area contributed by atoms with Crippen LogP contribution in [0.4, 0.5) is 10.5 Å². The van der Waals surface area contributed by atoms with E-state index in [-0.39, 0.29) is 18.6 Å². The Morgan fingerprint density at radius 2 is 2.38 bits per heavy atom. The van der Waals surface area contributed by atoms with Crippen molar-refractivity contribution in [1.29, 1.82) is 0 Å². The Bertz CT molecular complexity index is 516. The van der Waals surface area contributed by atoms with Gasteiger partial charge in [0.1, 0.15) is 12.4 Å². The molecular formula is C16H22N2O3. The Morgan fingerprint density at radius 1 is 1.57 bits per heavy atom. The zero-order valence-electron chi connectivity index (χ0n) is 12.3. The van der Waals surface area contributed by atoms with Crippen LogP contribution in [0.3, 0.4) is 0 Å². The van der Waals surface area contributed by atoms with Gasteiger partial charge >= 0.3 is 6.03 Å². The van der Waals surface area contributed by atoms with Crippen molar-refractivity contribution in [3.63, 3.8) is 0 Å². The van der Waals surface area contributed by atoms with Gasteiger partial charge in [-0.3, -0.25) is 0 Å². The molecule has 5 nitrogen and oxygen atoms in total. The molecule has 0 aromatic heterocycles. The van der Waals surface area contributed by atoms with E-state index >= 15 is 0 Å². The first-order valence-corrected chi connectivity index (χ1v) is 7.12. The average molecular weight is 290 g/mol. The molecule has 1 aromatic carbocycles. The van der Waals surface area contributed by atoms with Crippen molar-refractivity contribution in [2.75, 3.05) is 31.6 Å². The summed E-state index contributed by atoms with van der Waals surface area (Å²) in [5.74, 6) is 0.895. The van der Waals surface area contributed by atoms with E-state index in [1.165, 1.54) is 0 Å². The predicted molar refractivity (Wildman–Crippen MR) is 82.5 cm³/mol. The molecule has 1 fully saturated rings. The van der Waals surface area contributed by atoms with Gasteiger partial charge in [-0.25, -0.2) is 4.79 Å². The lowest BCUT2D eigenvalue weighted by Gasteiger charge is -2.17. The van der Waals surface area contributed by atoms with Crippen molar-refractivity contribution < 1.29 is 14.6 Å². The van der Waals surface area contributed by atoms with E-state index in [0.29, 0.717) is 31.1 Å². The van der Waals surface area contributed by atoms with Crippen molar-refractivity contribution in [1.82, 2.24) is 4.90 Å². The van der Waals surface area contributed by atoms with Crippen LogP contribution in [0.15, 0.2) is 36.4 Å². The summed E-state index contributed by atoms with van der Waals surface area (Å²) in [7, 11) is 0. The molecule has 1 aromatic rings. The van der Waals surface area contributed by atoms with Gasteiger partial charge in [0.15, 0.2) is 0 Å². The van der Waals surface area contributed by atoms with Crippen molar-refractivity contribution in [2.24, 2.45) is 5.92 Å². The predicted octanol–water partition coefficient (Wildman–Crippen LogP) is 2.49. The number of hydrogen-bond donors (Lipinski definition) is 2. The number of nitrogens with one attached hydrogen (secondary N) is 1. The van der Waals surface area contributed by atoms with Crippen LogP contribution in [-0.4, -0.2) is 42.3 Å². The minimum absolute atomic E-state index is 0.133. The lowest BCUT2D eigenvalue weighted by molar-refractivity contribution is 0.209. The average Bonchev–Trinajstić information content (AvgIpc) is 2.94. The molecule has 2 rings (SSSR count). The summed E-state index contributed by atoms with van der Waals surface area (Å²) in [6.45, 7) is 7.57. The molecule has 1 aliphatic heterocycles. The number of anilines is 1. The maximum absolute atomic E-state index is 12.1. The second-order valence-electron chi connectivity index (χ2n) is 5.49. The highest BCUT2D eigenvalue weighted by Gasteiger charge is 2.25. The SMILES string of the molecule is C=C(C)COc1cccc(NC(=O)N2CCC(CO)C2)c1. The number of carbonyl (C=O) groups excluding carboxylic acids is 1. The fourth-order valence-corrected chi connectivity index (χ4v) is 2.24. The highest BCUT2D eigenvalue weighted by molar-refractivity contribution is 5.89. The van der Waals surface area contributed by atoms with E-state index in [4.69, 9.17) is 9.84 Å². The fraction of sp³-hybridized carbons (Fsp3) is 0.438. The molecule has 2 N–H and O–H groups in total. The van der Waals surface area contributed by atoms with Gasteiger partial charge in [-0.05, 0) is 31.1 Å². The maximum Gasteiger partial charge on any atom is 0.321 e. The number of hydrogen-bond acceptors (Lipinski definition) is 3. The van der Waals surface area contributed by atoms with Crippen LogP contribution >= 0.6 is 0 Å². The number of aliphatic hydroxyl groups is 1. The fourth-order valence-electron chi connectivity index (χ4n) is 2.24. The quantitative estimate of drug-likeness (QED) is 0.819. The van der Waals surface area contributed by atoms with E-state index in [1.807, 2.05) is 25.1 Å². The molecule has 1 saturated heterocycles. The van der Waals surface area contributed by atoms with E-state index in [1.54, 1.807) is 11.0 Å². The van der Waals surface area contributed by atoms with Gasteiger partial charge in [-0.1, -0.05) is 12.6 Å². The molecule has 1 atom stereocenters. The van der Waals surface area contributed by atoms with Crippen LogP contribution in [0.1, 0.15) is 13.3 Å². The third-order valence-electron chi connectivity index (χ3n) is 3.40. The Morgan fingerprint density at radius 3 is 3.05 bits per heavy atom. The summed E-state index contributed by atoms with van der Waals surface area (Å²) in [4.78, 5) is 13.9. The van der Waals surface area contributed by atoms with Crippen LogP contribution < -0.4 is 10.1 Å². The van der Waals surface area contributed by atoms with Gasteiger partial charge in [-0.2, -0.15) is 0 Å². The number of amides is 2. The van der Waals surface area contributed by atoms with Crippen LogP contribution in [0.2, 0.25) is 0 Å². The Balaban J connectivity index is 1.91. The first kappa shape index (κ1) is 15.4. The highest BCUT2D eigenvalue weighted by Crippen LogP contribution is 2.20. The first-order valence-electron chi connectivity index (χ1n) is 7.12. The monoisotopic (exact) mass is 290 g/mol. The molecule has 0 spiro atoms. The number of carbonyl (C=O) groups is 1. The number of ether oxygens (including phenoxy) is 1. The van der Waals surface area contributed by atoms with Gasteiger partial charge in [-0.15, -0.1) is 0 Å². The lowest BCUT2D eigenvalue weighted by atomic mass is 10.1. The summed E-state index contributed by atoms with van der Waals surface area (Å²) in [5, 5.41) is 12.0. The summed E-state index contributed by atoms with van der Waals surface area (Å²) in [6.07, 6.45) is 0.853. The minimum Gasteiger partial charge on any atom is -0.489 e. The number of aliphatic hydroxyl groups excluding tert-OH is 1. The summed E-state index contributed by atoms with van der Waals surface area (Å²) < 4.78 is 5.55. The molecule has 0 bridgehead atoms. The number of rotatable bonds is 5. The van der Waals surface area contributed by atoms with Gasteiger partial charge in [0.25, 0.3) is 0 Å². The van der Waals surface area contributed by atoms with Crippen LogP contribution in [0, 0.1) is 5.92 Å². The molecule has 1 aliphatic rings. The van der Waals surface area contributed by atoms with Crippen molar-refractivity contribution in [2.45, 2.75) is 13.3 Å². The molecule has 5 heteroatoms. The van der Waals surface area contributed by atoms with Crippen LogP contribution in [-0.2, 0) is 0 Å². The number of urea groups is 1. The van der Waals surface area contributed by atoms with Gasteiger partial charge in [0.05, 0.1) is 0 Å². The van der Waals surface area contributed by atoms with E-state index < -0.39 is 0 Å². The van der Waals surface area contributed by atoms with Crippen LogP contribution in [0.25, 0.3) is 0 Å². The van der Waals surface area contributed by atoms with Crippen LogP contribution in [0.5, 0.6) is 5.75 Å². The molecule has 1 heterocycles. The Labute approximate surface area is 125 Å². The highest BCUT2D eigenvalue weighted by atomic mass is 16.5. The Hall–Kier alpha value is -2.01. The molecule has 1 unspecified atom stereocenters. The zero-order chi connectivity index (χ0) is 15.2. The lowest BCUT2D eigenvalue weighted by Crippen LogP contribution is -2.33. The van der Waals surface area contributed by atoms with Gasteiger partial charge in [0.2, 0.25) is 0 Å². The largest absolute Gasteiger partial charge is 0.489 e. The van der Waals surface area contributed by atoms with Gasteiger partial charge < -0.3 is 20.1 Å².